The third-order valence-corrected chi connectivity index (χ3v) is 5.25. The van der Waals surface area contributed by atoms with Gasteiger partial charge in [0.05, 0.1) is 5.51 Å². The highest BCUT2D eigenvalue weighted by atomic mass is 35.5. The maximum absolute atomic E-state index is 12.8. The molecule has 0 aliphatic carbocycles. The molecule has 2 amide bonds. The van der Waals surface area contributed by atoms with E-state index in [9.17, 15) is 9.59 Å². The van der Waals surface area contributed by atoms with Crippen LogP contribution < -0.4 is 10.6 Å². The van der Waals surface area contributed by atoms with Crippen molar-refractivity contribution >= 4 is 34.8 Å². The molecular formula is C21H20ClN3O2S. The molecule has 0 bridgehead atoms. The first kappa shape index (κ1) is 20.0. The number of nitrogens with zero attached hydrogens (tertiary/aromatic N) is 1. The van der Waals surface area contributed by atoms with E-state index < -0.39 is 6.04 Å². The molecular weight excluding hydrogens is 394 g/mol. The zero-order valence-electron chi connectivity index (χ0n) is 15.1. The summed E-state index contributed by atoms with van der Waals surface area (Å²) in [5.74, 6) is -0.434. The van der Waals surface area contributed by atoms with Crippen LogP contribution in [0.3, 0.4) is 0 Å². The number of carbonyl (C=O) groups excluding carboxylic acids is 2. The molecule has 144 valence electrons. The lowest BCUT2D eigenvalue weighted by atomic mass is 10.1. The minimum absolute atomic E-state index is 0.177. The smallest absolute Gasteiger partial charge is 0.247 e. The van der Waals surface area contributed by atoms with E-state index in [0.717, 1.165) is 16.0 Å². The summed E-state index contributed by atoms with van der Waals surface area (Å²) in [4.78, 5) is 30.3. The molecule has 3 rings (SSSR count). The summed E-state index contributed by atoms with van der Waals surface area (Å²) < 4.78 is 0. The molecule has 0 saturated carbocycles. The number of hydrogen-bond acceptors (Lipinski definition) is 4. The number of aryl methyl sites for hydroxylation is 1. The molecule has 2 aromatic carbocycles. The molecule has 1 atom stereocenters. The molecule has 3 aromatic rings. The van der Waals surface area contributed by atoms with E-state index in [1.54, 1.807) is 23.8 Å². The van der Waals surface area contributed by atoms with Crippen molar-refractivity contribution in [2.24, 2.45) is 0 Å². The highest BCUT2D eigenvalue weighted by molar-refractivity contribution is 7.09. The number of benzene rings is 2. The van der Waals surface area contributed by atoms with Crippen molar-refractivity contribution in [3.05, 3.63) is 87.3 Å². The van der Waals surface area contributed by atoms with Gasteiger partial charge in [0.15, 0.2) is 0 Å². The molecule has 7 heteroatoms. The second kappa shape index (κ2) is 10.0. The van der Waals surface area contributed by atoms with E-state index in [1.807, 2.05) is 42.5 Å². The Bertz CT molecular complexity index is 899. The second-order valence-electron chi connectivity index (χ2n) is 6.22. The van der Waals surface area contributed by atoms with E-state index >= 15 is 0 Å². The third-order valence-electron chi connectivity index (χ3n) is 4.16. The average molecular weight is 414 g/mol. The van der Waals surface area contributed by atoms with Crippen LogP contribution in [0.2, 0.25) is 5.02 Å². The van der Waals surface area contributed by atoms with Crippen LogP contribution in [0.4, 0.5) is 0 Å². The molecule has 1 heterocycles. The highest BCUT2D eigenvalue weighted by Gasteiger charge is 2.22. The van der Waals surface area contributed by atoms with Crippen LogP contribution in [0.1, 0.15) is 28.5 Å². The number of nitrogens with one attached hydrogen (secondary N) is 2. The van der Waals surface area contributed by atoms with E-state index in [4.69, 9.17) is 11.6 Å². The van der Waals surface area contributed by atoms with E-state index in [1.165, 1.54) is 11.3 Å². The van der Waals surface area contributed by atoms with Gasteiger partial charge in [-0.3, -0.25) is 14.6 Å². The SMILES string of the molecule is O=C(CCc1cncs1)NC(C(=O)NCc1ccc(Cl)cc1)c1ccccc1. The van der Waals surface area contributed by atoms with Gasteiger partial charge < -0.3 is 10.6 Å². The molecule has 0 radical (unpaired) electrons. The number of carbonyl (C=O) groups is 2. The van der Waals surface area contributed by atoms with Crippen LogP contribution in [-0.2, 0) is 22.6 Å². The van der Waals surface area contributed by atoms with Crippen molar-refractivity contribution in [1.29, 1.82) is 0 Å². The first-order chi connectivity index (χ1) is 13.6. The Balaban J connectivity index is 1.63. The monoisotopic (exact) mass is 413 g/mol. The van der Waals surface area contributed by atoms with Crippen LogP contribution in [-0.4, -0.2) is 16.8 Å². The summed E-state index contributed by atoms with van der Waals surface area (Å²) in [5, 5.41) is 6.38. The summed E-state index contributed by atoms with van der Waals surface area (Å²) >= 11 is 7.40. The third kappa shape index (κ3) is 5.90. The van der Waals surface area contributed by atoms with Gasteiger partial charge in [0, 0.05) is 29.1 Å². The fourth-order valence-corrected chi connectivity index (χ4v) is 3.40. The zero-order chi connectivity index (χ0) is 19.8. The minimum atomic E-state index is -0.748. The minimum Gasteiger partial charge on any atom is -0.350 e. The lowest BCUT2D eigenvalue weighted by Gasteiger charge is -2.19. The Morgan fingerprint density at radius 1 is 1.07 bits per heavy atom. The highest BCUT2D eigenvalue weighted by Crippen LogP contribution is 2.15. The first-order valence-electron chi connectivity index (χ1n) is 8.85. The molecule has 0 saturated heterocycles. The standard InChI is InChI=1S/C21H20ClN3O2S/c22-17-8-6-15(7-9-17)12-24-21(27)20(16-4-2-1-3-5-16)25-19(26)11-10-18-13-23-14-28-18/h1-9,13-14,20H,10-12H2,(H,24,27)(H,25,26). The summed E-state index contributed by atoms with van der Waals surface area (Å²) in [6, 6.07) is 15.7. The molecule has 28 heavy (non-hydrogen) atoms. The summed E-state index contributed by atoms with van der Waals surface area (Å²) in [7, 11) is 0. The average Bonchev–Trinajstić information content (AvgIpc) is 3.24. The van der Waals surface area contributed by atoms with Gasteiger partial charge in [0.1, 0.15) is 6.04 Å². The first-order valence-corrected chi connectivity index (χ1v) is 10.1. The fraction of sp³-hybridized carbons (Fsp3) is 0.190. The van der Waals surface area contributed by atoms with Gasteiger partial charge in [-0.05, 0) is 29.7 Å². The number of halogens is 1. The van der Waals surface area contributed by atoms with Crippen molar-refractivity contribution in [3.63, 3.8) is 0 Å². The van der Waals surface area contributed by atoms with Crippen LogP contribution in [0.5, 0.6) is 0 Å². The fourth-order valence-electron chi connectivity index (χ4n) is 2.67. The van der Waals surface area contributed by atoms with Crippen LogP contribution >= 0.6 is 22.9 Å². The van der Waals surface area contributed by atoms with Crippen molar-refractivity contribution in [3.8, 4) is 0 Å². The Morgan fingerprint density at radius 2 is 1.82 bits per heavy atom. The molecule has 0 spiro atoms. The van der Waals surface area contributed by atoms with Crippen LogP contribution in [0.15, 0.2) is 66.3 Å². The number of aromatic nitrogens is 1. The maximum Gasteiger partial charge on any atom is 0.247 e. The van der Waals surface area contributed by atoms with Crippen molar-refractivity contribution in [2.45, 2.75) is 25.4 Å². The predicted molar refractivity (Wildman–Crippen MR) is 111 cm³/mol. The molecule has 0 fully saturated rings. The van der Waals surface area contributed by atoms with E-state index in [0.29, 0.717) is 24.4 Å². The van der Waals surface area contributed by atoms with Crippen LogP contribution in [0, 0.1) is 0 Å². The predicted octanol–water partition coefficient (Wildman–Crippen LogP) is 3.90. The summed E-state index contributed by atoms with van der Waals surface area (Å²) in [5.41, 5.74) is 3.41. The maximum atomic E-state index is 12.8. The van der Waals surface area contributed by atoms with Gasteiger partial charge in [-0.15, -0.1) is 11.3 Å². The van der Waals surface area contributed by atoms with E-state index in [-0.39, 0.29) is 11.8 Å². The largest absolute Gasteiger partial charge is 0.350 e. The Hall–Kier alpha value is -2.70. The van der Waals surface area contributed by atoms with Crippen LogP contribution in [0.25, 0.3) is 0 Å². The number of thiazole rings is 1. The topological polar surface area (TPSA) is 71.1 Å². The summed E-state index contributed by atoms with van der Waals surface area (Å²) in [6.07, 6.45) is 2.66. The lowest BCUT2D eigenvalue weighted by molar-refractivity contribution is -0.129. The lowest BCUT2D eigenvalue weighted by Crippen LogP contribution is -2.40. The van der Waals surface area contributed by atoms with Gasteiger partial charge in [0.25, 0.3) is 0 Å². The normalized spacial score (nSPS) is 11.6. The quantitative estimate of drug-likeness (QED) is 0.588. The molecule has 1 aromatic heterocycles. The molecule has 5 nitrogen and oxygen atoms in total. The van der Waals surface area contributed by atoms with Crippen molar-refractivity contribution in [1.82, 2.24) is 15.6 Å². The molecule has 0 aliphatic rings. The van der Waals surface area contributed by atoms with Gasteiger partial charge in [-0.25, -0.2) is 0 Å². The zero-order valence-corrected chi connectivity index (χ0v) is 16.7. The van der Waals surface area contributed by atoms with E-state index in [2.05, 4.69) is 15.6 Å². The van der Waals surface area contributed by atoms with Gasteiger partial charge in [0.2, 0.25) is 11.8 Å². The Morgan fingerprint density at radius 3 is 2.50 bits per heavy atom. The molecule has 0 aliphatic heterocycles. The van der Waals surface area contributed by atoms with Crippen molar-refractivity contribution in [2.75, 3.05) is 0 Å². The summed E-state index contributed by atoms with van der Waals surface area (Å²) in [6.45, 7) is 0.357. The molecule has 2 N–H and O–H groups in total. The van der Waals surface area contributed by atoms with Crippen molar-refractivity contribution < 1.29 is 9.59 Å². The number of amides is 2. The van der Waals surface area contributed by atoms with Gasteiger partial charge in [-0.1, -0.05) is 54.1 Å². The number of rotatable bonds is 8. The number of hydrogen-bond donors (Lipinski definition) is 2. The Labute approximate surface area is 172 Å². The second-order valence-corrected chi connectivity index (χ2v) is 7.63. The Kier molecular flexibility index (Phi) is 7.17. The van der Waals surface area contributed by atoms with Gasteiger partial charge in [-0.2, -0.15) is 0 Å². The van der Waals surface area contributed by atoms with Gasteiger partial charge >= 0.3 is 0 Å². The molecule has 1 unspecified atom stereocenters.